The molecule has 0 amide bonds. The fourth-order valence-electron chi connectivity index (χ4n) is 1.95. The predicted molar refractivity (Wildman–Crippen MR) is 72.3 cm³/mol. The number of rotatable bonds is 3. The third-order valence-corrected chi connectivity index (χ3v) is 3.10. The Hall–Kier alpha value is -3.01. The van der Waals surface area contributed by atoms with Gasteiger partial charge >= 0.3 is 5.69 Å². The van der Waals surface area contributed by atoms with Crippen molar-refractivity contribution in [1.82, 2.24) is 4.57 Å². The maximum Gasteiger partial charge on any atom is 0.305 e. The Morgan fingerprint density at radius 2 is 2.10 bits per heavy atom. The van der Waals surface area contributed by atoms with Gasteiger partial charge in [-0.3, -0.25) is 14.9 Å². The molecular formula is C14H10FN3O3. The molecule has 1 aromatic carbocycles. The standard InChI is InChI=1S/C14H10FN3O3/c1-9-5-6-10(7-16)14(19)17(9)8-11-3-2-4-12(13(11)15)18(20)21/h2-6H,8H2,1H3. The third-order valence-electron chi connectivity index (χ3n) is 3.10. The van der Waals surface area contributed by atoms with Gasteiger partial charge in [0.1, 0.15) is 11.6 Å². The van der Waals surface area contributed by atoms with Crippen molar-refractivity contribution in [3.05, 3.63) is 73.4 Å². The average molecular weight is 287 g/mol. The fraction of sp³-hybridized carbons (Fsp3) is 0.143. The average Bonchev–Trinajstić information content (AvgIpc) is 2.45. The van der Waals surface area contributed by atoms with Crippen molar-refractivity contribution in [2.24, 2.45) is 0 Å². The van der Waals surface area contributed by atoms with Crippen LogP contribution in [0.4, 0.5) is 10.1 Å². The highest BCUT2D eigenvalue weighted by Crippen LogP contribution is 2.20. The molecule has 0 N–H and O–H groups in total. The van der Waals surface area contributed by atoms with Crippen molar-refractivity contribution in [2.45, 2.75) is 13.5 Å². The highest BCUT2D eigenvalue weighted by molar-refractivity contribution is 5.37. The number of nitro groups is 1. The van der Waals surface area contributed by atoms with Crippen molar-refractivity contribution in [2.75, 3.05) is 0 Å². The Kier molecular flexibility index (Phi) is 3.80. The van der Waals surface area contributed by atoms with Crippen LogP contribution in [0.25, 0.3) is 0 Å². The zero-order valence-corrected chi connectivity index (χ0v) is 11.0. The van der Waals surface area contributed by atoms with E-state index < -0.39 is 22.0 Å². The molecule has 0 saturated carbocycles. The van der Waals surface area contributed by atoms with Gasteiger partial charge in [-0.25, -0.2) is 0 Å². The van der Waals surface area contributed by atoms with E-state index in [1.807, 2.05) is 0 Å². The number of halogens is 1. The molecular weight excluding hydrogens is 277 g/mol. The quantitative estimate of drug-likeness (QED) is 0.639. The number of benzene rings is 1. The van der Waals surface area contributed by atoms with Gasteiger partial charge in [0.2, 0.25) is 5.82 Å². The van der Waals surface area contributed by atoms with Crippen LogP contribution in [-0.2, 0) is 6.54 Å². The SMILES string of the molecule is Cc1ccc(C#N)c(=O)n1Cc1cccc([N+](=O)[O-])c1F. The van der Waals surface area contributed by atoms with Crippen molar-refractivity contribution in [1.29, 1.82) is 5.26 Å². The smallest absolute Gasteiger partial charge is 0.305 e. The highest BCUT2D eigenvalue weighted by Gasteiger charge is 2.18. The number of nitrogens with zero attached hydrogens (tertiary/aromatic N) is 3. The van der Waals surface area contributed by atoms with E-state index in [2.05, 4.69) is 0 Å². The van der Waals surface area contributed by atoms with Crippen molar-refractivity contribution < 1.29 is 9.31 Å². The van der Waals surface area contributed by atoms with Gasteiger partial charge in [-0.05, 0) is 19.1 Å². The topological polar surface area (TPSA) is 88.9 Å². The van der Waals surface area contributed by atoms with Crippen LogP contribution >= 0.6 is 0 Å². The maximum atomic E-state index is 14.0. The second kappa shape index (κ2) is 5.54. The molecule has 0 saturated heterocycles. The second-order valence-corrected chi connectivity index (χ2v) is 4.40. The molecule has 21 heavy (non-hydrogen) atoms. The minimum atomic E-state index is -0.976. The summed E-state index contributed by atoms with van der Waals surface area (Å²) in [4.78, 5) is 21.9. The Morgan fingerprint density at radius 1 is 1.38 bits per heavy atom. The lowest BCUT2D eigenvalue weighted by atomic mass is 10.1. The molecule has 0 aliphatic carbocycles. The number of aryl methyl sites for hydroxylation is 1. The summed E-state index contributed by atoms with van der Waals surface area (Å²) in [7, 11) is 0. The first-order valence-corrected chi connectivity index (χ1v) is 5.98. The molecule has 1 heterocycles. The summed E-state index contributed by atoms with van der Waals surface area (Å²) >= 11 is 0. The van der Waals surface area contributed by atoms with Crippen LogP contribution in [0.5, 0.6) is 0 Å². The third kappa shape index (κ3) is 2.65. The molecule has 0 aliphatic heterocycles. The Labute approximate surface area is 118 Å². The molecule has 0 fully saturated rings. The molecule has 0 aliphatic rings. The lowest BCUT2D eigenvalue weighted by molar-refractivity contribution is -0.387. The molecule has 6 nitrogen and oxygen atoms in total. The van der Waals surface area contributed by atoms with E-state index in [4.69, 9.17) is 5.26 Å². The van der Waals surface area contributed by atoms with E-state index in [1.165, 1.54) is 22.8 Å². The molecule has 7 heteroatoms. The maximum absolute atomic E-state index is 14.0. The summed E-state index contributed by atoms with van der Waals surface area (Å²) in [5, 5.41) is 19.6. The number of nitriles is 1. The molecule has 0 atom stereocenters. The number of nitro benzene ring substituents is 1. The molecule has 2 aromatic rings. The number of aromatic nitrogens is 1. The van der Waals surface area contributed by atoms with Gasteiger partial charge in [-0.15, -0.1) is 0 Å². The predicted octanol–water partition coefficient (Wildman–Crippen LogP) is 2.12. The van der Waals surface area contributed by atoms with Gasteiger partial charge in [-0.2, -0.15) is 9.65 Å². The lowest BCUT2D eigenvalue weighted by Crippen LogP contribution is -2.25. The van der Waals surface area contributed by atoms with Crippen LogP contribution in [0.3, 0.4) is 0 Å². The van der Waals surface area contributed by atoms with Gasteiger partial charge in [0.15, 0.2) is 0 Å². The van der Waals surface area contributed by atoms with Crippen LogP contribution in [0.2, 0.25) is 0 Å². The highest BCUT2D eigenvalue weighted by atomic mass is 19.1. The van der Waals surface area contributed by atoms with Gasteiger partial charge in [-0.1, -0.05) is 12.1 Å². The summed E-state index contributed by atoms with van der Waals surface area (Å²) in [6.45, 7) is 1.46. The van der Waals surface area contributed by atoms with Crippen molar-refractivity contribution in [3.63, 3.8) is 0 Å². The van der Waals surface area contributed by atoms with Crippen molar-refractivity contribution >= 4 is 5.69 Å². The lowest BCUT2D eigenvalue weighted by Gasteiger charge is -2.10. The van der Waals surface area contributed by atoms with E-state index in [0.29, 0.717) is 5.69 Å². The molecule has 106 valence electrons. The van der Waals surface area contributed by atoms with E-state index in [1.54, 1.807) is 19.1 Å². The van der Waals surface area contributed by atoms with Gasteiger partial charge in [0.05, 0.1) is 11.5 Å². The first-order valence-electron chi connectivity index (χ1n) is 5.98. The zero-order chi connectivity index (χ0) is 15.6. The van der Waals surface area contributed by atoms with Crippen LogP contribution in [-0.4, -0.2) is 9.49 Å². The monoisotopic (exact) mass is 287 g/mol. The first-order chi connectivity index (χ1) is 9.95. The fourth-order valence-corrected chi connectivity index (χ4v) is 1.95. The van der Waals surface area contributed by atoms with Crippen molar-refractivity contribution in [3.8, 4) is 6.07 Å². The van der Waals surface area contributed by atoms with E-state index >= 15 is 0 Å². The summed E-state index contributed by atoms with van der Waals surface area (Å²) in [5.41, 5.74) is -0.709. The molecule has 0 spiro atoms. The van der Waals surface area contributed by atoms with Gasteiger partial charge < -0.3 is 4.57 Å². The summed E-state index contributed by atoms with van der Waals surface area (Å²) in [6.07, 6.45) is 0. The van der Waals surface area contributed by atoms with Crippen LogP contribution in [0, 0.1) is 34.2 Å². The second-order valence-electron chi connectivity index (χ2n) is 4.40. The molecule has 0 radical (unpaired) electrons. The first kappa shape index (κ1) is 14.4. The molecule has 0 unspecified atom stereocenters. The number of hydrogen-bond donors (Lipinski definition) is 0. The number of pyridine rings is 1. The van der Waals surface area contributed by atoms with Gasteiger partial charge in [0.25, 0.3) is 5.56 Å². The van der Waals surface area contributed by atoms with Crippen LogP contribution in [0.1, 0.15) is 16.8 Å². The zero-order valence-electron chi connectivity index (χ0n) is 11.0. The minimum Gasteiger partial charge on any atom is -0.307 e. The molecule has 2 rings (SSSR count). The number of hydrogen-bond acceptors (Lipinski definition) is 4. The largest absolute Gasteiger partial charge is 0.307 e. The van der Waals surface area contributed by atoms with Crippen LogP contribution < -0.4 is 5.56 Å². The molecule has 0 bridgehead atoms. The minimum absolute atomic E-state index is 0.0180. The normalized spacial score (nSPS) is 10.1. The molecule has 1 aromatic heterocycles. The van der Waals surface area contributed by atoms with E-state index in [0.717, 1.165) is 6.07 Å². The Morgan fingerprint density at radius 3 is 2.71 bits per heavy atom. The van der Waals surface area contributed by atoms with Gasteiger partial charge in [0, 0.05) is 17.3 Å². The Bertz CT molecular complexity index is 821. The van der Waals surface area contributed by atoms with Crippen LogP contribution in [0.15, 0.2) is 35.1 Å². The summed E-state index contributed by atoms with van der Waals surface area (Å²) < 4.78 is 15.2. The van der Waals surface area contributed by atoms with E-state index in [9.17, 15) is 19.3 Å². The van der Waals surface area contributed by atoms with E-state index in [-0.39, 0.29) is 17.7 Å². The summed E-state index contributed by atoms with van der Waals surface area (Å²) in [6, 6.07) is 8.49. The summed E-state index contributed by atoms with van der Waals surface area (Å²) in [5.74, 6) is -0.976. The Balaban J connectivity index is 2.54.